The number of nitro benzene ring substituents is 1. The van der Waals surface area contributed by atoms with Gasteiger partial charge in [0.1, 0.15) is 0 Å². The quantitative estimate of drug-likeness (QED) is 0.481. The molecule has 6 heteroatoms. The summed E-state index contributed by atoms with van der Waals surface area (Å²) in [4.78, 5) is 10.3. The van der Waals surface area contributed by atoms with Gasteiger partial charge in [0.2, 0.25) is 0 Å². The molecule has 0 saturated carbocycles. The minimum atomic E-state index is -0.446. The maximum absolute atomic E-state index is 10.7. The second-order valence-corrected chi connectivity index (χ2v) is 3.25. The molecule has 0 aliphatic rings. The second kappa shape index (κ2) is 4.97. The number of benzene rings is 1. The number of hydrogen-bond donors (Lipinski definition) is 0. The lowest BCUT2D eigenvalue weighted by molar-refractivity contribution is -0.385. The van der Waals surface area contributed by atoms with Gasteiger partial charge in [0.05, 0.1) is 24.7 Å². The second-order valence-electron chi connectivity index (χ2n) is 2.69. The Morgan fingerprint density at radius 1 is 1.40 bits per heavy atom. The van der Waals surface area contributed by atoms with Crippen LogP contribution in [-0.2, 0) is 5.33 Å². The number of rotatable bonds is 4. The van der Waals surface area contributed by atoms with Crippen molar-refractivity contribution in [3.05, 3.63) is 27.8 Å². The molecular weight excluding hydrogens is 266 g/mol. The molecule has 1 rings (SSSR count). The van der Waals surface area contributed by atoms with Crippen LogP contribution in [0, 0.1) is 10.1 Å². The molecule has 0 amide bonds. The number of nitro groups is 1. The number of alkyl halides is 1. The van der Waals surface area contributed by atoms with Gasteiger partial charge in [0, 0.05) is 11.4 Å². The first-order valence-corrected chi connectivity index (χ1v) is 5.22. The topological polar surface area (TPSA) is 61.6 Å². The highest BCUT2D eigenvalue weighted by Gasteiger charge is 2.20. The van der Waals surface area contributed by atoms with E-state index in [0.717, 1.165) is 0 Å². The van der Waals surface area contributed by atoms with Crippen LogP contribution < -0.4 is 9.47 Å². The molecule has 1 aromatic carbocycles. The predicted molar refractivity (Wildman–Crippen MR) is 58.8 cm³/mol. The molecule has 0 unspecified atom stereocenters. The van der Waals surface area contributed by atoms with Crippen molar-refractivity contribution in [2.75, 3.05) is 14.2 Å². The fourth-order valence-corrected chi connectivity index (χ4v) is 1.82. The number of halogens is 1. The van der Waals surface area contributed by atoms with Crippen molar-refractivity contribution in [2.45, 2.75) is 5.33 Å². The lowest BCUT2D eigenvalue weighted by atomic mass is 10.1. The number of methoxy groups -OCH3 is 2. The Morgan fingerprint density at radius 3 is 2.47 bits per heavy atom. The Labute approximate surface area is 95.3 Å². The van der Waals surface area contributed by atoms with E-state index in [0.29, 0.717) is 22.4 Å². The van der Waals surface area contributed by atoms with E-state index in [1.165, 1.54) is 26.4 Å². The van der Waals surface area contributed by atoms with Crippen LogP contribution in [0.1, 0.15) is 5.56 Å². The number of nitrogens with zero attached hydrogens (tertiary/aromatic N) is 1. The van der Waals surface area contributed by atoms with Gasteiger partial charge in [0.15, 0.2) is 11.5 Å². The Bertz CT molecular complexity index is 381. The molecule has 0 aliphatic carbocycles. The highest BCUT2D eigenvalue weighted by Crippen LogP contribution is 2.38. The van der Waals surface area contributed by atoms with E-state index < -0.39 is 4.92 Å². The van der Waals surface area contributed by atoms with Gasteiger partial charge in [-0.05, 0) is 6.07 Å². The summed E-state index contributed by atoms with van der Waals surface area (Å²) in [6, 6.07) is 2.92. The summed E-state index contributed by atoms with van der Waals surface area (Å²) in [7, 11) is 2.94. The Balaban J connectivity index is 3.40. The molecule has 0 heterocycles. The van der Waals surface area contributed by atoms with Gasteiger partial charge in [-0.15, -0.1) is 0 Å². The molecule has 0 aliphatic heterocycles. The first kappa shape index (κ1) is 11.8. The third-order valence-electron chi connectivity index (χ3n) is 1.95. The van der Waals surface area contributed by atoms with Crippen molar-refractivity contribution in [1.82, 2.24) is 0 Å². The molecule has 1 aromatic rings. The van der Waals surface area contributed by atoms with Crippen molar-refractivity contribution in [3.63, 3.8) is 0 Å². The minimum absolute atomic E-state index is 0.0181. The van der Waals surface area contributed by atoms with Crippen molar-refractivity contribution in [1.29, 1.82) is 0 Å². The Kier molecular flexibility index (Phi) is 3.90. The molecule has 0 saturated heterocycles. The maximum atomic E-state index is 10.7. The van der Waals surface area contributed by atoms with Gasteiger partial charge in [-0.3, -0.25) is 10.1 Å². The first-order chi connectivity index (χ1) is 7.15. The van der Waals surface area contributed by atoms with Crippen LogP contribution >= 0.6 is 15.9 Å². The SMILES string of the molecule is COc1ccc([N+](=O)[O-])c(CBr)c1OC. The molecular formula is C9H10BrNO4. The third-order valence-corrected chi connectivity index (χ3v) is 2.51. The van der Waals surface area contributed by atoms with E-state index >= 15 is 0 Å². The van der Waals surface area contributed by atoms with E-state index in [4.69, 9.17) is 9.47 Å². The molecule has 0 N–H and O–H groups in total. The molecule has 0 bridgehead atoms. The van der Waals surface area contributed by atoms with Gasteiger partial charge in [0.25, 0.3) is 5.69 Å². The minimum Gasteiger partial charge on any atom is -0.493 e. The normalized spacial score (nSPS) is 9.80. The smallest absolute Gasteiger partial charge is 0.277 e. The molecule has 0 fully saturated rings. The van der Waals surface area contributed by atoms with Crippen LogP contribution in [0.25, 0.3) is 0 Å². The van der Waals surface area contributed by atoms with Crippen LogP contribution in [0.2, 0.25) is 0 Å². The molecule has 0 atom stereocenters. The summed E-state index contributed by atoms with van der Waals surface area (Å²) in [5.41, 5.74) is 0.492. The van der Waals surface area contributed by atoms with E-state index in [1.54, 1.807) is 0 Å². The van der Waals surface area contributed by atoms with Gasteiger partial charge in [-0.2, -0.15) is 0 Å². The van der Waals surface area contributed by atoms with Crippen LogP contribution in [0.4, 0.5) is 5.69 Å². The summed E-state index contributed by atoms with van der Waals surface area (Å²) in [5.74, 6) is 0.876. The van der Waals surface area contributed by atoms with E-state index in [1.807, 2.05) is 0 Å². The van der Waals surface area contributed by atoms with Crippen LogP contribution in [0.15, 0.2) is 12.1 Å². The first-order valence-electron chi connectivity index (χ1n) is 4.09. The van der Waals surface area contributed by atoms with Crippen molar-refractivity contribution >= 4 is 21.6 Å². The van der Waals surface area contributed by atoms with Crippen LogP contribution in [0.5, 0.6) is 11.5 Å². The zero-order valence-electron chi connectivity index (χ0n) is 8.32. The average Bonchev–Trinajstić information content (AvgIpc) is 2.26. The summed E-state index contributed by atoms with van der Waals surface area (Å²) in [5, 5.41) is 11.1. The zero-order valence-corrected chi connectivity index (χ0v) is 9.91. The summed E-state index contributed by atoms with van der Waals surface area (Å²) in [6.45, 7) is 0. The summed E-state index contributed by atoms with van der Waals surface area (Å²) in [6.07, 6.45) is 0. The molecule has 0 radical (unpaired) electrons. The van der Waals surface area contributed by atoms with Gasteiger partial charge in [-0.1, -0.05) is 15.9 Å². The predicted octanol–water partition coefficient (Wildman–Crippen LogP) is 2.51. The third kappa shape index (κ3) is 2.20. The molecule has 0 spiro atoms. The van der Waals surface area contributed by atoms with Crippen molar-refractivity contribution in [3.8, 4) is 11.5 Å². The molecule has 82 valence electrons. The van der Waals surface area contributed by atoms with Gasteiger partial charge < -0.3 is 9.47 Å². The number of ether oxygens (including phenoxy) is 2. The lowest BCUT2D eigenvalue weighted by Crippen LogP contribution is -1.99. The molecule has 0 aromatic heterocycles. The Hall–Kier alpha value is -1.30. The van der Waals surface area contributed by atoms with E-state index in [2.05, 4.69) is 15.9 Å². The molecule has 5 nitrogen and oxygen atoms in total. The standard InChI is InChI=1S/C9H10BrNO4/c1-14-8-4-3-7(11(12)13)6(5-10)9(8)15-2/h3-4H,5H2,1-2H3. The van der Waals surface area contributed by atoms with Crippen molar-refractivity contribution < 1.29 is 14.4 Å². The van der Waals surface area contributed by atoms with Crippen molar-refractivity contribution in [2.24, 2.45) is 0 Å². The summed E-state index contributed by atoms with van der Waals surface area (Å²) >= 11 is 3.19. The van der Waals surface area contributed by atoms with Gasteiger partial charge in [-0.25, -0.2) is 0 Å². The maximum Gasteiger partial charge on any atom is 0.277 e. The monoisotopic (exact) mass is 275 g/mol. The fraction of sp³-hybridized carbons (Fsp3) is 0.333. The highest BCUT2D eigenvalue weighted by atomic mass is 79.9. The summed E-state index contributed by atoms with van der Waals surface area (Å²) < 4.78 is 10.1. The van der Waals surface area contributed by atoms with Crippen LogP contribution in [0.3, 0.4) is 0 Å². The Morgan fingerprint density at radius 2 is 2.07 bits per heavy atom. The number of hydrogen-bond acceptors (Lipinski definition) is 4. The fourth-order valence-electron chi connectivity index (χ4n) is 1.28. The lowest BCUT2D eigenvalue weighted by Gasteiger charge is -2.10. The largest absolute Gasteiger partial charge is 0.493 e. The zero-order chi connectivity index (χ0) is 11.4. The van der Waals surface area contributed by atoms with Gasteiger partial charge >= 0.3 is 0 Å². The average molecular weight is 276 g/mol. The van der Waals surface area contributed by atoms with E-state index in [9.17, 15) is 10.1 Å². The highest BCUT2D eigenvalue weighted by molar-refractivity contribution is 9.08. The van der Waals surface area contributed by atoms with Crippen LogP contribution in [-0.4, -0.2) is 19.1 Å². The molecule has 15 heavy (non-hydrogen) atoms. The van der Waals surface area contributed by atoms with E-state index in [-0.39, 0.29) is 5.69 Å².